The molecule has 0 N–H and O–H groups in total. The molecule has 0 aliphatic rings. The second kappa shape index (κ2) is 15.6. The van der Waals surface area contributed by atoms with Gasteiger partial charge in [-0.3, -0.25) is 0 Å². The van der Waals surface area contributed by atoms with Crippen LogP contribution in [0.3, 0.4) is 0 Å². The van der Waals surface area contributed by atoms with Gasteiger partial charge in [-0.05, 0) is 0 Å². The Hall–Kier alpha value is 4.69. The monoisotopic (exact) mass is 437 g/mol. The fraction of sp³-hybridized carbons (Fsp3) is 0. The van der Waals surface area contributed by atoms with Crippen LogP contribution in [-0.4, -0.2) is 45.5 Å². The van der Waals surface area contributed by atoms with E-state index < -0.39 is 0 Å². The molecule has 0 aliphatic heterocycles. The second-order valence-electron chi connectivity index (χ2n) is 0. The van der Waals surface area contributed by atoms with Crippen LogP contribution in [0.15, 0.2) is 0 Å². The summed E-state index contributed by atoms with van der Waals surface area (Å²) in [5, 5.41) is 0. The first-order chi connectivity index (χ1) is 0. The third-order valence-electron chi connectivity index (χ3n) is 0. The minimum Gasteiger partial charge on any atom is 0 e. The molecule has 4 heteroatoms. The minimum atomic E-state index is 0. The fourth-order valence-corrected chi connectivity index (χ4v) is 0. The van der Waals surface area contributed by atoms with E-state index in [2.05, 4.69) is 0 Å². The van der Waals surface area contributed by atoms with Crippen LogP contribution in [0.4, 0.5) is 0 Å². The van der Waals surface area contributed by atoms with Crippen molar-refractivity contribution in [2.75, 3.05) is 0 Å². The molecule has 0 heterocycles. The average Bonchev–Trinajstić information content (AvgIpc) is 0. The van der Waals surface area contributed by atoms with Crippen LogP contribution in [0.5, 0.6) is 0 Å². The molecule has 0 bridgehead atoms. The first kappa shape index (κ1) is 23.4. The Bertz CT molecular complexity index is 8.00. The normalized spacial score (nSPS) is 0. The van der Waals surface area contributed by atoms with E-state index in [9.17, 15) is 0 Å². The maximum absolute atomic E-state index is 0. The molecule has 0 amide bonds. The van der Waals surface area contributed by atoms with Crippen molar-refractivity contribution >= 4 is 45.5 Å². The summed E-state index contributed by atoms with van der Waals surface area (Å²) in [6.45, 7) is 0. The Morgan fingerprint density at radius 1 is 1.00 bits per heavy atom. The van der Waals surface area contributed by atoms with Crippen molar-refractivity contribution in [2.45, 2.75) is 0 Å². The SMILES string of the molecule is [Mn].[Nd].[Sm].[Sr]. The molecule has 0 fully saturated rings. The fourth-order valence-electron chi connectivity index (χ4n) is 0. The number of rotatable bonds is 0. The molecule has 0 aliphatic carbocycles. The van der Waals surface area contributed by atoms with E-state index in [-0.39, 0.29) is 144 Å². The van der Waals surface area contributed by atoms with Crippen molar-refractivity contribution in [3.8, 4) is 0 Å². The average molecular weight is 437 g/mol. The van der Waals surface area contributed by atoms with Gasteiger partial charge in [0.15, 0.2) is 0 Å². The van der Waals surface area contributed by atoms with E-state index in [1.165, 1.54) is 0 Å². The summed E-state index contributed by atoms with van der Waals surface area (Å²) in [6.07, 6.45) is 0. The van der Waals surface area contributed by atoms with Crippen LogP contribution in [0.2, 0.25) is 0 Å². The number of hydrogen-bond acceptors (Lipinski definition) is 0. The zero-order valence-electron chi connectivity index (χ0n) is 1.99. The molecule has 0 aromatic heterocycles. The molecule has 19 valence electrons. The standard InChI is InChI=1S/Mn.Nd.Sm.Sr. The van der Waals surface area contributed by atoms with Crippen molar-refractivity contribution in [1.82, 2.24) is 0 Å². The molecule has 3 radical (unpaired) electrons. The molecular weight excluding hydrogens is 437 g/mol. The zero-order chi connectivity index (χ0) is 0. The van der Waals surface area contributed by atoms with Crippen LogP contribution in [0.1, 0.15) is 0 Å². The van der Waals surface area contributed by atoms with E-state index >= 15 is 0 Å². The maximum atomic E-state index is 0. The topological polar surface area (TPSA) is 0 Å². The molecule has 0 saturated heterocycles. The second-order valence-corrected chi connectivity index (χ2v) is 0. The van der Waals surface area contributed by atoms with Crippen molar-refractivity contribution in [1.29, 1.82) is 0 Å². The third-order valence-corrected chi connectivity index (χ3v) is 0. The van der Waals surface area contributed by atoms with E-state index in [0.717, 1.165) is 0 Å². The predicted octanol–water partition coefficient (Wildman–Crippen LogP) is -0.383. The number of hydrogen-bond donors (Lipinski definition) is 0. The molecular formula is MnNdSmSr. The molecule has 0 atom stereocenters. The Labute approximate surface area is 139 Å². The van der Waals surface area contributed by atoms with Crippen LogP contribution in [0, 0.1) is 81.2 Å². The first-order valence-corrected chi connectivity index (χ1v) is 0. The Kier molecular flexibility index (Phi) is 91.4. The summed E-state index contributed by atoms with van der Waals surface area (Å²) in [6, 6.07) is 0. The minimum absolute atomic E-state index is 0. The predicted molar refractivity (Wildman–Crippen MR) is 5.75 cm³/mol. The van der Waals surface area contributed by atoms with Gasteiger partial charge < -0.3 is 0 Å². The quantitative estimate of drug-likeness (QED) is 0.454. The van der Waals surface area contributed by atoms with Gasteiger partial charge in [0.05, 0.1) is 0 Å². The van der Waals surface area contributed by atoms with Crippen LogP contribution in [0.25, 0.3) is 0 Å². The van der Waals surface area contributed by atoms with E-state index in [1.54, 1.807) is 0 Å². The van der Waals surface area contributed by atoms with Crippen molar-refractivity contribution in [2.24, 2.45) is 0 Å². The van der Waals surface area contributed by atoms with Gasteiger partial charge in [-0.25, -0.2) is 0 Å². The summed E-state index contributed by atoms with van der Waals surface area (Å²) in [5.41, 5.74) is 0. The van der Waals surface area contributed by atoms with E-state index in [0.29, 0.717) is 0 Å². The van der Waals surface area contributed by atoms with Crippen molar-refractivity contribution < 1.29 is 98.3 Å². The third kappa shape index (κ3) is 9.85. The molecule has 0 nitrogen and oxygen atoms in total. The largest absolute Gasteiger partial charge is 0 e. The smallest absolute Gasteiger partial charge is 0 e. The zero-order valence-corrected chi connectivity index (χ0v) is 12.5. The molecule has 0 saturated carbocycles. The van der Waals surface area contributed by atoms with Crippen molar-refractivity contribution in [3.05, 3.63) is 0 Å². The molecule has 0 aromatic carbocycles. The van der Waals surface area contributed by atoms with Crippen LogP contribution in [-0.2, 0) is 17.1 Å². The Balaban J connectivity index is 0. The van der Waals surface area contributed by atoms with Gasteiger partial charge >= 0.3 is 0 Å². The Morgan fingerprint density at radius 3 is 1.00 bits per heavy atom. The van der Waals surface area contributed by atoms with Crippen LogP contribution < -0.4 is 0 Å². The maximum Gasteiger partial charge on any atom is 0 e. The molecule has 0 unspecified atom stereocenters. The molecule has 0 spiro atoms. The summed E-state index contributed by atoms with van der Waals surface area (Å²) in [4.78, 5) is 0. The summed E-state index contributed by atoms with van der Waals surface area (Å²) >= 11 is 0. The molecule has 0 rings (SSSR count). The van der Waals surface area contributed by atoms with Gasteiger partial charge in [0, 0.05) is 144 Å². The van der Waals surface area contributed by atoms with Crippen molar-refractivity contribution in [3.63, 3.8) is 0 Å². The van der Waals surface area contributed by atoms with Gasteiger partial charge in [-0.15, -0.1) is 0 Å². The molecule has 0 aromatic rings. The summed E-state index contributed by atoms with van der Waals surface area (Å²) in [5.74, 6) is 0. The van der Waals surface area contributed by atoms with Gasteiger partial charge in [0.25, 0.3) is 0 Å². The summed E-state index contributed by atoms with van der Waals surface area (Å²) < 4.78 is 0. The summed E-state index contributed by atoms with van der Waals surface area (Å²) in [7, 11) is 0. The van der Waals surface area contributed by atoms with Gasteiger partial charge in [0.2, 0.25) is 0 Å². The van der Waals surface area contributed by atoms with E-state index in [1.807, 2.05) is 0 Å². The van der Waals surface area contributed by atoms with E-state index in [4.69, 9.17) is 0 Å². The first-order valence-electron chi connectivity index (χ1n) is 0. The van der Waals surface area contributed by atoms with Crippen LogP contribution >= 0.6 is 0 Å². The molecule has 4 heavy (non-hydrogen) atoms. The van der Waals surface area contributed by atoms with Gasteiger partial charge in [-0.2, -0.15) is 0 Å². The Morgan fingerprint density at radius 2 is 1.00 bits per heavy atom. The van der Waals surface area contributed by atoms with Gasteiger partial charge in [0.1, 0.15) is 0 Å². The van der Waals surface area contributed by atoms with Gasteiger partial charge in [-0.1, -0.05) is 0 Å².